The minimum atomic E-state index is -0.182. The fourth-order valence-corrected chi connectivity index (χ4v) is 4.60. The molecule has 1 aliphatic rings. The summed E-state index contributed by atoms with van der Waals surface area (Å²) < 4.78 is 6.40. The van der Waals surface area contributed by atoms with Crippen molar-refractivity contribution in [2.24, 2.45) is 0 Å². The molecule has 4 rings (SSSR count). The van der Waals surface area contributed by atoms with Crippen molar-refractivity contribution in [3.8, 4) is 5.75 Å². The summed E-state index contributed by atoms with van der Waals surface area (Å²) >= 11 is 1.29. The Kier molecular flexibility index (Phi) is 4.53. The standard InChI is InChI=1S/C20H19N3O3S/c1-11(24)12-7-9-22-17-16(21-2)19(27-18(12)17)20(25)23-14-8-10-26-15-6-4-3-5-13(14)15/h3-7,9,14,21H,8,10H2,1-2H3,(H,23,25)/t14-/m0/s1. The first-order valence-electron chi connectivity index (χ1n) is 8.73. The minimum absolute atomic E-state index is 0.0448. The molecule has 0 fully saturated rings. The molecule has 138 valence electrons. The number of pyridine rings is 1. The van der Waals surface area contributed by atoms with E-state index < -0.39 is 0 Å². The molecule has 0 spiro atoms. The third-order valence-electron chi connectivity index (χ3n) is 4.67. The van der Waals surface area contributed by atoms with Gasteiger partial charge in [0.2, 0.25) is 0 Å². The third kappa shape index (κ3) is 3.04. The fourth-order valence-electron chi connectivity index (χ4n) is 3.38. The summed E-state index contributed by atoms with van der Waals surface area (Å²) in [4.78, 5) is 29.9. The van der Waals surface area contributed by atoms with E-state index in [2.05, 4.69) is 15.6 Å². The number of thiophene rings is 1. The number of fused-ring (bicyclic) bond motifs is 2. The Morgan fingerprint density at radius 2 is 2.07 bits per heavy atom. The highest BCUT2D eigenvalue weighted by Gasteiger charge is 2.26. The summed E-state index contributed by atoms with van der Waals surface area (Å²) in [6, 6.07) is 9.32. The zero-order valence-corrected chi connectivity index (χ0v) is 15.9. The van der Waals surface area contributed by atoms with Crippen molar-refractivity contribution in [1.82, 2.24) is 10.3 Å². The zero-order valence-electron chi connectivity index (χ0n) is 15.0. The topological polar surface area (TPSA) is 80.3 Å². The molecular weight excluding hydrogens is 362 g/mol. The average molecular weight is 381 g/mol. The van der Waals surface area contributed by atoms with E-state index in [-0.39, 0.29) is 17.7 Å². The first-order valence-corrected chi connectivity index (χ1v) is 9.54. The summed E-state index contributed by atoms with van der Waals surface area (Å²) in [6.45, 7) is 2.08. The van der Waals surface area contributed by atoms with Gasteiger partial charge in [0, 0.05) is 30.8 Å². The summed E-state index contributed by atoms with van der Waals surface area (Å²) in [5, 5.41) is 6.19. The second kappa shape index (κ2) is 7.00. The van der Waals surface area contributed by atoms with Crippen molar-refractivity contribution in [1.29, 1.82) is 0 Å². The van der Waals surface area contributed by atoms with Crippen molar-refractivity contribution >= 4 is 38.9 Å². The normalized spacial score (nSPS) is 15.7. The van der Waals surface area contributed by atoms with E-state index in [0.29, 0.717) is 34.7 Å². The predicted octanol–water partition coefficient (Wildman–Crippen LogP) is 3.79. The number of hydrogen-bond acceptors (Lipinski definition) is 6. The Morgan fingerprint density at radius 1 is 1.26 bits per heavy atom. The van der Waals surface area contributed by atoms with Crippen molar-refractivity contribution in [2.75, 3.05) is 19.0 Å². The molecule has 0 aliphatic carbocycles. The Labute approximate surface area is 160 Å². The number of aromatic nitrogens is 1. The number of amides is 1. The van der Waals surface area contributed by atoms with E-state index in [4.69, 9.17) is 4.74 Å². The quantitative estimate of drug-likeness (QED) is 0.672. The van der Waals surface area contributed by atoms with Gasteiger partial charge >= 0.3 is 0 Å². The molecule has 0 saturated heterocycles. The molecule has 0 bridgehead atoms. The van der Waals surface area contributed by atoms with Crippen molar-refractivity contribution in [2.45, 2.75) is 19.4 Å². The number of nitrogens with zero attached hydrogens (tertiary/aromatic N) is 1. The number of ether oxygens (including phenoxy) is 1. The van der Waals surface area contributed by atoms with Gasteiger partial charge in [-0.1, -0.05) is 18.2 Å². The molecular formula is C20H19N3O3S. The molecule has 3 heterocycles. The van der Waals surface area contributed by atoms with Gasteiger partial charge in [0.05, 0.1) is 23.0 Å². The number of anilines is 1. The van der Waals surface area contributed by atoms with Crippen LogP contribution in [-0.2, 0) is 0 Å². The van der Waals surface area contributed by atoms with Gasteiger partial charge in [-0.25, -0.2) is 0 Å². The Hall–Kier alpha value is -2.93. The van der Waals surface area contributed by atoms with Crippen molar-refractivity contribution < 1.29 is 14.3 Å². The molecule has 6 nitrogen and oxygen atoms in total. The lowest BCUT2D eigenvalue weighted by Crippen LogP contribution is -2.32. The monoisotopic (exact) mass is 381 g/mol. The van der Waals surface area contributed by atoms with E-state index in [1.54, 1.807) is 19.3 Å². The fraction of sp³-hybridized carbons (Fsp3) is 0.250. The van der Waals surface area contributed by atoms with Crippen LogP contribution in [0.1, 0.15) is 45.0 Å². The van der Waals surface area contributed by atoms with E-state index in [1.807, 2.05) is 24.3 Å². The van der Waals surface area contributed by atoms with Crippen LogP contribution in [0.4, 0.5) is 5.69 Å². The van der Waals surface area contributed by atoms with Gasteiger partial charge in [0.25, 0.3) is 5.91 Å². The molecule has 0 radical (unpaired) electrons. The third-order valence-corrected chi connectivity index (χ3v) is 5.88. The van der Waals surface area contributed by atoms with Gasteiger partial charge in [-0.3, -0.25) is 14.6 Å². The van der Waals surface area contributed by atoms with Gasteiger partial charge in [0.15, 0.2) is 5.78 Å². The van der Waals surface area contributed by atoms with Crippen LogP contribution in [0.25, 0.3) is 10.2 Å². The van der Waals surface area contributed by atoms with Crippen LogP contribution < -0.4 is 15.4 Å². The highest BCUT2D eigenvalue weighted by molar-refractivity contribution is 7.22. The molecule has 27 heavy (non-hydrogen) atoms. The first kappa shape index (κ1) is 17.5. The van der Waals surface area contributed by atoms with Crippen LogP contribution in [-0.4, -0.2) is 30.3 Å². The van der Waals surface area contributed by atoms with Crippen LogP contribution >= 0.6 is 11.3 Å². The molecule has 1 amide bonds. The molecule has 7 heteroatoms. The number of Topliss-reactive ketones (excluding diaryl/α,β-unsaturated/α-hetero) is 1. The van der Waals surface area contributed by atoms with E-state index in [1.165, 1.54) is 18.3 Å². The molecule has 2 N–H and O–H groups in total. The number of rotatable bonds is 4. The SMILES string of the molecule is CNc1c(C(=O)N[C@H]2CCOc3ccccc32)sc2c(C(C)=O)ccnc12. The maximum atomic E-state index is 13.1. The molecule has 1 aromatic carbocycles. The Balaban J connectivity index is 1.72. The van der Waals surface area contributed by atoms with Crippen LogP contribution in [0.3, 0.4) is 0 Å². The summed E-state index contributed by atoms with van der Waals surface area (Å²) in [6.07, 6.45) is 2.31. The number of para-hydroxylation sites is 1. The van der Waals surface area contributed by atoms with Gasteiger partial charge < -0.3 is 15.4 Å². The maximum Gasteiger partial charge on any atom is 0.264 e. The second-order valence-corrected chi connectivity index (χ2v) is 7.37. The van der Waals surface area contributed by atoms with Gasteiger partial charge in [-0.05, 0) is 19.1 Å². The zero-order chi connectivity index (χ0) is 19.0. The van der Waals surface area contributed by atoms with E-state index in [0.717, 1.165) is 16.0 Å². The lowest BCUT2D eigenvalue weighted by atomic mass is 10.0. The van der Waals surface area contributed by atoms with Crippen LogP contribution in [0.15, 0.2) is 36.5 Å². The lowest BCUT2D eigenvalue weighted by Gasteiger charge is -2.26. The number of carbonyl (C=O) groups is 2. The van der Waals surface area contributed by atoms with E-state index >= 15 is 0 Å². The van der Waals surface area contributed by atoms with Crippen LogP contribution in [0.5, 0.6) is 5.75 Å². The van der Waals surface area contributed by atoms with Gasteiger partial charge in [-0.15, -0.1) is 11.3 Å². The predicted molar refractivity (Wildman–Crippen MR) is 106 cm³/mol. The van der Waals surface area contributed by atoms with E-state index in [9.17, 15) is 9.59 Å². The molecule has 0 saturated carbocycles. The molecule has 2 aromatic heterocycles. The number of benzene rings is 1. The molecule has 1 aliphatic heterocycles. The summed E-state index contributed by atoms with van der Waals surface area (Å²) in [5.74, 6) is 0.579. The van der Waals surface area contributed by atoms with Crippen molar-refractivity contribution in [3.63, 3.8) is 0 Å². The molecule has 3 aromatic rings. The number of carbonyl (C=O) groups excluding carboxylic acids is 2. The maximum absolute atomic E-state index is 13.1. The average Bonchev–Trinajstić information content (AvgIpc) is 3.07. The lowest BCUT2D eigenvalue weighted by molar-refractivity contribution is 0.0929. The first-order chi connectivity index (χ1) is 13.1. The smallest absolute Gasteiger partial charge is 0.264 e. The minimum Gasteiger partial charge on any atom is -0.493 e. The number of hydrogen-bond donors (Lipinski definition) is 2. The van der Waals surface area contributed by atoms with Crippen LogP contribution in [0.2, 0.25) is 0 Å². The highest BCUT2D eigenvalue weighted by atomic mass is 32.1. The van der Waals surface area contributed by atoms with Gasteiger partial charge in [-0.2, -0.15) is 0 Å². The largest absolute Gasteiger partial charge is 0.493 e. The Bertz CT molecular complexity index is 1040. The van der Waals surface area contributed by atoms with Crippen LogP contribution in [0, 0.1) is 0 Å². The van der Waals surface area contributed by atoms with Gasteiger partial charge in [0.1, 0.15) is 16.1 Å². The molecule has 1 atom stereocenters. The number of nitrogens with one attached hydrogen (secondary N) is 2. The number of ketones is 1. The van der Waals surface area contributed by atoms with Crippen molar-refractivity contribution in [3.05, 3.63) is 52.5 Å². The Morgan fingerprint density at radius 3 is 2.85 bits per heavy atom. The summed E-state index contributed by atoms with van der Waals surface area (Å²) in [7, 11) is 1.75. The molecule has 0 unspecified atom stereocenters. The summed E-state index contributed by atoms with van der Waals surface area (Å²) in [5.41, 5.74) is 2.85. The second-order valence-electron chi connectivity index (χ2n) is 6.35. The highest BCUT2D eigenvalue weighted by Crippen LogP contribution is 2.37.